The van der Waals surface area contributed by atoms with E-state index in [0.717, 1.165) is 5.56 Å². The molecule has 284 valence electrons. The van der Waals surface area contributed by atoms with Crippen LogP contribution >= 0.6 is 0 Å². The summed E-state index contributed by atoms with van der Waals surface area (Å²) < 4.78 is 0. The summed E-state index contributed by atoms with van der Waals surface area (Å²) in [4.78, 5) is 102. The second-order valence-electron chi connectivity index (χ2n) is 13.3. The molecule has 0 heterocycles. The fourth-order valence-electron chi connectivity index (χ4n) is 5.04. The number of carbonyl (C=O) groups excluding carboxylic acids is 6. The fourth-order valence-corrected chi connectivity index (χ4v) is 5.04. The van der Waals surface area contributed by atoms with Crippen molar-refractivity contribution in [3.05, 3.63) is 35.9 Å². The summed E-state index contributed by atoms with van der Waals surface area (Å²) in [6.07, 6.45) is -0.658. The molecule has 6 atom stereocenters. The van der Waals surface area contributed by atoms with Crippen LogP contribution in [0, 0.1) is 17.8 Å². The summed E-state index contributed by atoms with van der Waals surface area (Å²) in [6, 6.07) is 2.27. The smallest absolute Gasteiger partial charge is 0.326 e. The van der Waals surface area contributed by atoms with E-state index in [1.165, 1.54) is 6.92 Å². The van der Waals surface area contributed by atoms with Crippen LogP contribution in [-0.4, -0.2) is 94.3 Å². The quantitative estimate of drug-likeness (QED) is 0.0824. The maximum atomic E-state index is 13.7. The van der Waals surface area contributed by atoms with E-state index in [1.54, 1.807) is 41.5 Å². The topological polar surface area (TPSA) is 249 Å². The molecule has 0 fully saturated rings. The second kappa shape index (κ2) is 21.9. The largest absolute Gasteiger partial charge is 0.481 e. The Morgan fingerprint density at radius 2 is 1.20 bits per heavy atom. The molecule has 8 N–H and O–H groups in total. The van der Waals surface area contributed by atoms with Gasteiger partial charge >= 0.3 is 11.9 Å². The first-order chi connectivity index (χ1) is 23.9. The molecule has 51 heavy (non-hydrogen) atoms. The Kier molecular flexibility index (Phi) is 18.9. The van der Waals surface area contributed by atoms with Gasteiger partial charge in [0.15, 0.2) is 0 Å². The Morgan fingerprint density at radius 1 is 0.667 bits per heavy atom. The minimum atomic E-state index is -1.76. The Balaban J connectivity index is 3.36. The molecule has 6 amide bonds. The van der Waals surface area contributed by atoms with Gasteiger partial charge in [0.1, 0.15) is 30.2 Å². The van der Waals surface area contributed by atoms with Gasteiger partial charge in [-0.2, -0.15) is 0 Å². The molecule has 0 saturated heterocycles. The highest BCUT2D eigenvalue weighted by Crippen LogP contribution is 2.12. The lowest BCUT2D eigenvalue weighted by Gasteiger charge is -2.29. The average Bonchev–Trinajstić information content (AvgIpc) is 3.04. The normalized spacial score (nSPS) is 14.5. The highest BCUT2D eigenvalue weighted by molar-refractivity contribution is 5.98. The zero-order valence-corrected chi connectivity index (χ0v) is 30.4. The molecule has 0 aromatic heterocycles. The lowest BCUT2D eigenvalue weighted by molar-refractivity contribution is -0.144. The first-order valence-electron chi connectivity index (χ1n) is 17.1. The number of hydrogen-bond donors (Lipinski definition) is 8. The molecule has 1 rings (SSSR count). The van der Waals surface area contributed by atoms with Crippen LogP contribution in [0.4, 0.5) is 0 Å². The monoisotopic (exact) mass is 718 g/mol. The summed E-state index contributed by atoms with van der Waals surface area (Å²) in [6.45, 7) is 11.8. The third-order valence-corrected chi connectivity index (χ3v) is 8.04. The number of carboxylic acids is 2. The highest BCUT2D eigenvalue weighted by atomic mass is 16.4. The molecule has 0 aliphatic rings. The van der Waals surface area contributed by atoms with E-state index < -0.39 is 96.4 Å². The lowest BCUT2D eigenvalue weighted by atomic mass is 9.96. The Bertz CT molecular complexity index is 1370. The lowest BCUT2D eigenvalue weighted by Crippen LogP contribution is -2.61. The second-order valence-corrected chi connectivity index (χ2v) is 13.3. The molecule has 1 aromatic rings. The zero-order valence-electron chi connectivity index (χ0n) is 30.4. The van der Waals surface area contributed by atoms with Gasteiger partial charge in [-0.05, 0) is 36.2 Å². The van der Waals surface area contributed by atoms with Gasteiger partial charge in [0, 0.05) is 13.5 Å². The number of aliphatic carboxylic acids is 2. The van der Waals surface area contributed by atoms with Gasteiger partial charge in [-0.15, -0.1) is 0 Å². The summed E-state index contributed by atoms with van der Waals surface area (Å²) in [5.74, 6) is -8.58. The number of nitrogens with one attached hydrogen (secondary N) is 6. The van der Waals surface area contributed by atoms with Crippen molar-refractivity contribution in [2.75, 3.05) is 6.54 Å². The molecule has 16 nitrogen and oxygen atoms in total. The van der Waals surface area contributed by atoms with Crippen LogP contribution in [0.3, 0.4) is 0 Å². The van der Waals surface area contributed by atoms with Gasteiger partial charge in [0.25, 0.3) is 0 Å². The maximum absolute atomic E-state index is 13.7. The van der Waals surface area contributed by atoms with E-state index in [2.05, 4.69) is 31.9 Å². The predicted octanol–water partition coefficient (Wildman–Crippen LogP) is 0.487. The van der Waals surface area contributed by atoms with Crippen molar-refractivity contribution >= 4 is 47.4 Å². The van der Waals surface area contributed by atoms with Gasteiger partial charge in [-0.25, -0.2) is 4.79 Å². The van der Waals surface area contributed by atoms with Crippen LogP contribution in [-0.2, 0) is 44.8 Å². The Labute approximate surface area is 298 Å². The molecule has 0 aliphatic heterocycles. The average molecular weight is 719 g/mol. The third-order valence-electron chi connectivity index (χ3n) is 8.04. The van der Waals surface area contributed by atoms with Gasteiger partial charge < -0.3 is 42.1 Å². The predicted molar refractivity (Wildman–Crippen MR) is 187 cm³/mol. The van der Waals surface area contributed by atoms with Crippen molar-refractivity contribution in [3.63, 3.8) is 0 Å². The Morgan fingerprint density at radius 3 is 1.69 bits per heavy atom. The molecule has 1 aromatic carbocycles. The molecular formula is C35H54N6O10. The van der Waals surface area contributed by atoms with Crippen LogP contribution in [0.5, 0.6) is 0 Å². The first kappa shape index (κ1) is 44.0. The number of amides is 6. The van der Waals surface area contributed by atoms with Crippen molar-refractivity contribution < 1.29 is 48.6 Å². The number of rotatable bonds is 22. The first-order valence-corrected chi connectivity index (χ1v) is 17.1. The summed E-state index contributed by atoms with van der Waals surface area (Å²) >= 11 is 0. The van der Waals surface area contributed by atoms with Crippen molar-refractivity contribution in [1.82, 2.24) is 31.9 Å². The van der Waals surface area contributed by atoms with Crippen molar-refractivity contribution in [2.24, 2.45) is 17.8 Å². The van der Waals surface area contributed by atoms with Crippen molar-refractivity contribution in [1.29, 1.82) is 0 Å². The van der Waals surface area contributed by atoms with Crippen molar-refractivity contribution in [3.8, 4) is 0 Å². The van der Waals surface area contributed by atoms with Crippen LogP contribution < -0.4 is 31.9 Å². The van der Waals surface area contributed by atoms with E-state index in [-0.39, 0.29) is 24.8 Å². The number of carboxylic acid groups (broad SMARTS) is 2. The van der Waals surface area contributed by atoms with E-state index >= 15 is 0 Å². The highest BCUT2D eigenvalue weighted by Gasteiger charge is 2.36. The minimum Gasteiger partial charge on any atom is -0.481 e. The maximum Gasteiger partial charge on any atom is 0.326 e. The fraction of sp³-hybridized carbons (Fsp3) is 0.600. The summed E-state index contributed by atoms with van der Waals surface area (Å²) in [5.41, 5.74) is 0.936. The van der Waals surface area contributed by atoms with Crippen LogP contribution in [0.15, 0.2) is 30.3 Å². The van der Waals surface area contributed by atoms with E-state index in [1.807, 2.05) is 30.3 Å². The van der Waals surface area contributed by atoms with Crippen molar-refractivity contribution in [2.45, 2.75) is 111 Å². The minimum absolute atomic E-state index is 0.0268. The standard InChI is InChI=1S/C35H54N6O10/c1-8-21(6)30(41-33(48)29(20(4)5)37-22(7)42)34(49)39-24(17-27(43)36-15-14-23-12-10-9-11-13-23)31(46)38-25(18-28(44)45)32(47)40-26(35(50)51)16-19(2)3/h9-13,19-21,24-26,29-30H,8,14-18H2,1-7H3,(H,36,43)(H,37,42)(H,38,46)(H,39,49)(H,40,47)(H,41,48)(H,44,45)(H,50,51)/t21?,24-,25-,26-,29-,30-/m0/s1. The van der Waals surface area contributed by atoms with Gasteiger partial charge in [0.05, 0.1) is 12.8 Å². The number of hydrogen-bond acceptors (Lipinski definition) is 8. The molecule has 0 saturated carbocycles. The number of carbonyl (C=O) groups is 8. The molecule has 1 unspecified atom stereocenters. The number of benzene rings is 1. The Hall–Kier alpha value is -5.02. The molecule has 0 spiro atoms. The zero-order chi connectivity index (χ0) is 38.8. The van der Waals surface area contributed by atoms with E-state index in [9.17, 15) is 48.6 Å². The van der Waals surface area contributed by atoms with Gasteiger partial charge in [-0.1, -0.05) is 78.3 Å². The third kappa shape index (κ3) is 16.5. The van der Waals surface area contributed by atoms with Gasteiger partial charge in [0.2, 0.25) is 35.4 Å². The summed E-state index contributed by atoms with van der Waals surface area (Å²) in [5, 5.41) is 33.9. The SMILES string of the molecule is CCC(C)[C@H](NC(=O)[C@@H](NC(C)=O)C(C)C)C(=O)N[C@@H](CC(=O)NCCc1ccccc1)C(=O)N[C@@H](CC(=O)O)C(=O)N[C@@H](CC(C)C)C(=O)O. The van der Waals surface area contributed by atoms with E-state index in [0.29, 0.717) is 12.8 Å². The van der Waals surface area contributed by atoms with Gasteiger partial charge in [-0.3, -0.25) is 33.6 Å². The van der Waals surface area contributed by atoms with Crippen LogP contribution in [0.1, 0.15) is 79.7 Å². The molecular weight excluding hydrogens is 664 g/mol. The molecule has 0 radical (unpaired) electrons. The van der Waals surface area contributed by atoms with Crippen LogP contribution in [0.2, 0.25) is 0 Å². The molecule has 16 heteroatoms. The van der Waals surface area contributed by atoms with Crippen LogP contribution in [0.25, 0.3) is 0 Å². The van der Waals surface area contributed by atoms with E-state index in [4.69, 9.17) is 0 Å². The molecule has 0 bridgehead atoms. The summed E-state index contributed by atoms with van der Waals surface area (Å²) in [7, 11) is 0. The molecule has 0 aliphatic carbocycles.